The fraction of sp³-hybridized carbons (Fsp3) is 0.280. The van der Waals surface area contributed by atoms with Gasteiger partial charge in [0, 0.05) is 17.1 Å². The van der Waals surface area contributed by atoms with Crippen LogP contribution < -0.4 is 5.32 Å². The van der Waals surface area contributed by atoms with E-state index in [0.29, 0.717) is 0 Å². The first-order chi connectivity index (χ1) is 14.8. The Balaban J connectivity index is 1.32. The van der Waals surface area contributed by atoms with Crippen LogP contribution in [0.1, 0.15) is 24.8 Å². The van der Waals surface area contributed by atoms with Crippen molar-refractivity contribution in [2.24, 2.45) is 0 Å². The first-order valence-corrected chi connectivity index (χ1v) is 11.5. The van der Waals surface area contributed by atoms with Gasteiger partial charge in [-0.15, -0.1) is 11.3 Å². The number of benzene rings is 2. The van der Waals surface area contributed by atoms with Crippen molar-refractivity contribution >= 4 is 33.1 Å². The Morgan fingerprint density at radius 2 is 1.70 bits per heavy atom. The first-order valence-electron chi connectivity index (χ1n) is 10.7. The summed E-state index contributed by atoms with van der Waals surface area (Å²) < 4.78 is 1.09. The van der Waals surface area contributed by atoms with E-state index in [-0.39, 0.29) is 0 Å². The van der Waals surface area contributed by atoms with Gasteiger partial charge in [-0.3, -0.25) is 0 Å². The number of likely N-dealkylation sites (tertiary alicyclic amines) is 1. The Hall–Kier alpha value is -2.76. The summed E-state index contributed by atoms with van der Waals surface area (Å²) in [6.07, 6.45) is 6.87. The molecule has 152 valence electrons. The normalized spacial score (nSPS) is 14.8. The molecule has 0 amide bonds. The van der Waals surface area contributed by atoms with Crippen molar-refractivity contribution in [2.75, 3.05) is 25.0 Å². The highest BCUT2D eigenvalue weighted by Crippen LogP contribution is 2.36. The number of hydrogen-bond acceptors (Lipinski definition) is 5. The van der Waals surface area contributed by atoms with Gasteiger partial charge in [-0.1, -0.05) is 48.9 Å². The number of fused-ring (bicyclic) bond motifs is 1. The maximum absolute atomic E-state index is 4.48. The summed E-state index contributed by atoms with van der Waals surface area (Å²) in [6.45, 7) is 3.70. The molecule has 1 aliphatic rings. The molecule has 30 heavy (non-hydrogen) atoms. The van der Waals surface area contributed by atoms with Gasteiger partial charge in [-0.2, -0.15) is 0 Å². The Bertz CT molecular complexity index is 1100. The molecule has 1 N–H and O–H groups in total. The van der Waals surface area contributed by atoms with Gasteiger partial charge in [0.15, 0.2) is 5.82 Å². The molecular weight excluding hydrogens is 388 g/mol. The van der Waals surface area contributed by atoms with Gasteiger partial charge in [0.1, 0.15) is 6.33 Å². The zero-order valence-corrected chi connectivity index (χ0v) is 17.9. The van der Waals surface area contributed by atoms with E-state index < -0.39 is 0 Å². The van der Waals surface area contributed by atoms with E-state index in [9.17, 15) is 0 Å². The van der Waals surface area contributed by atoms with Gasteiger partial charge < -0.3 is 10.2 Å². The number of para-hydroxylation sites is 1. The van der Waals surface area contributed by atoms with Crippen molar-refractivity contribution in [3.05, 3.63) is 72.6 Å². The van der Waals surface area contributed by atoms with E-state index in [0.717, 1.165) is 28.1 Å². The Morgan fingerprint density at radius 3 is 2.50 bits per heavy atom. The summed E-state index contributed by atoms with van der Waals surface area (Å²) in [5, 5.41) is 3.42. The molecule has 2 aromatic carbocycles. The minimum absolute atomic E-state index is 0.862. The van der Waals surface area contributed by atoms with Crippen LogP contribution in [0.5, 0.6) is 0 Å². The summed E-state index contributed by atoms with van der Waals surface area (Å²) in [5.74, 6) is 0.862. The third-order valence-corrected chi connectivity index (χ3v) is 6.93. The van der Waals surface area contributed by atoms with Crippen molar-refractivity contribution in [1.29, 1.82) is 0 Å². The van der Waals surface area contributed by atoms with E-state index in [2.05, 4.69) is 50.5 Å². The highest BCUT2D eigenvalue weighted by molar-refractivity contribution is 7.22. The molecule has 2 aromatic heterocycles. The average Bonchev–Trinajstić information content (AvgIpc) is 3.25. The van der Waals surface area contributed by atoms with Crippen LogP contribution in [0, 0.1) is 0 Å². The lowest BCUT2D eigenvalue weighted by Gasteiger charge is -2.26. The molecule has 1 fully saturated rings. The van der Waals surface area contributed by atoms with Crippen LogP contribution in [0.3, 0.4) is 0 Å². The molecule has 0 saturated carbocycles. The Morgan fingerprint density at radius 1 is 0.900 bits per heavy atom. The standard InChI is InChI=1S/C25H26N4S/c1-3-7-21(8-4-1)28-25-24-22(26-18-27-25)17-23(30-24)20-11-9-19(10-12-20)13-16-29-14-5-2-6-15-29/h1,3-4,7-12,17-18H,2,5-6,13-16H2,(H,26,27,28). The summed E-state index contributed by atoms with van der Waals surface area (Å²) in [6, 6.07) is 21.4. The number of rotatable bonds is 6. The number of nitrogens with zero attached hydrogens (tertiary/aromatic N) is 3. The highest BCUT2D eigenvalue weighted by atomic mass is 32.1. The van der Waals surface area contributed by atoms with Gasteiger partial charge in [0.2, 0.25) is 0 Å². The summed E-state index contributed by atoms with van der Waals surface area (Å²) in [5.41, 5.74) is 4.67. The SMILES string of the molecule is c1ccc(Nc2ncnc3cc(-c4ccc(CCN5CCCCC5)cc4)sc23)cc1. The maximum atomic E-state index is 4.48. The first kappa shape index (κ1) is 19.2. The molecular formula is C25H26N4S. The second kappa shape index (κ2) is 8.94. The topological polar surface area (TPSA) is 41.1 Å². The molecule has 0 radical (unpaired) electrons. The van der Waals surface area contributed by atoms with E-state index >= 15 is 0 Å². The van der Waals surface area contributed by atoms with Gasteiger partial charge in [0.25, 0.3) is 0 Å². The smallest absolute Gasteiger partial charge is 0.151 e. The maximum Gasteiger partial charge on any atom is 0.151 e. The minimum atomic E-state index is 0.862. The van der Waals surface area contributed by atoms with Crippen molar-refractivity contribution in [3.8, 4) is 10.4 Å². The number of nitrogens with one attached hydrogen (secondary N) is 1. The van der Waals surface area contributed by atoms with Crippen LogP contribution in [0.15, 0.2) is 67.0 Å². The lowest BCUT2D eigenvalue weighted by atomic mass is 10.1. The molecule has 0 bridgehead atoms. The van der Waals surface area contributed by atoms with Crippen molar-refractivity contribution in [1.82, 2.24) is 14.9 Å². The zero-order valence-electron chi connectivity index (χ0n) is 17.1. The zero-order chi connectivity index (χ0) is 20.2. The number of hydrogen-bond donors (Lipinski definition) is 1. The molecule has 5 rings (SSSR count). The fourth-order valence-electron chi connectivity index (χ4n) is 4.05. The Kier molecular flexibility index (Phi) is 5.73. The van der Waals surface area contributed by atoms with E-state index in [4.69, 9.17) is 0 Å². The molecule has 1 saturated heterocycles. The molecule has 0 spiro atoms. The largest absolute Gasteiger partial charge is 0.339 e. The molecule has 0 aliphatic carbocycles. The van der Waals surface area contributed by atoms with Crippen LogP contribution in [0.2, 0.25) is 0 Å². The lowest BCUT2D eigenvalue weighted by Crippen LogP contribution is -2.31. The van der Waals surface area contributed by atoms with Crippen LogP contribution in [0.4, 0.5) is 11.5 Å². The number of piperidine rings is 1. The average molecular weight is 415 g/mol. The number of thiophene rings is 1. The van der Waals surface area contributed by atoms with Crippen LogP contribution in [0.25, 0.3) is 20.7 Å². The van der Waals surface area contributed by atoms with Gasteiger partial charge in [0.05, 0.1) is 10.2 Å². The monoisotopic (exact) mass is 414 g/mol. The molecule has 5 heteroatoms. The van der Waals surface area contributed by atoms with Crippen molar-refractivity contribution in [3.63, 3.8) is 0 Å². The quantitative estimate of drug-likeness (QED) is 0.412. The minimum Gasteiger partial charge on any atom is -0.339 e. The third-order valence-electron chi connectivity index (χ3n) is 5.75. The number of aromatic nitrogens is 2. The van der Waals surface area contributed by atoms with E-state index in [1.165, 1.54) is 54.9 Å². The van der Waals surface area contributed by atoms with Crippen LogP contribution in [-0.2, 0) is 6.42 Å². The van der Waals surface area contributed by atoms with E-state index in [1.54, 1.807) is 17.7 Å². The number of anilines is 2. The molecule has 1 aliphatic heterocycles. The molecule has 0 unspecified atom stereocenters. The molecule has 4 nitrogen and oxygen atoms in total. The van der Waals surface area contributed by atoms with Gasteiger partial charge >= 0.3 is 0 Å². The summed E-state index contributed by atoms with van der Waals surface area (Å²) in [4.78, 5) is 12.8. The molecule has 0 atom stereocenters. The summed E-state index contributed by atoms with van der Waals surface area (Å²) >= 11 is 1.74. The lowest BCUT2D eigenvalue weighted by molar-refractivity contribution is 0.231. The fourth-order valence-corrected chi connectivity index (χ4v) is 5.11. The Labute approximate surface area is 181 Å². The molecule has 3 heterocycles. The molecule has 4 aromatic rings. The predicted octanol–water partition coefficient (Wildman–Crippen LogP) is 6.13. The summed E-state index contributed by atoms with van der Waals surface area (Å²) in [7, 11) is 0. The van der Waals surface area contributed by atoms with Crippen LogP contribution >= 0.6 is 11.3 Å². The second-order valence-electron chi connectivity index (χ2n) is 7.89. The highest BCUT2D eigenvalue weighted by Gasteiger charge is 2.12. The van der Waals surface area contributed by atoms with E-state index in [1.807, 2.05) is 30.3 Å². The van der Waals surface area contributed by atoms with Gasteiger partial charge in [-0.05, 0) is 61.7 Å². The predicted molar refractivity (Wildman–Crippen MR) is 127 cm³/mol. The van der Waals surface area contributed by atoms with Crippen molar-refractivity contribution in [2.45, 2.75) is 25.7 Å². The van der Waals surface area contributed by atoms with Crippen molar-refractivity contribution < 1.29 is 0 Å². The third kappa shape index (κ3) is 4.37. The van der Waals surface area contributed by atoms with Gasteiger partial charge in [-0.25, -0.2) is 9.97 Å². The second-order valence-corrected chi connectivity index (χ2v) is 8.94. The van der Waals surface area contributed by atoms with Crippen LogP contribution in [-0.4, -0.2) is 34.5 Å².